The van der Waals surface area contributed by atoms with Crippen molar-refractivity contribution in [3.05, 3.63) is 89.5 Å². The number of benzene rings is 2. The molecule has 0 N–H and O–H groups in total. The van der Waals surface area contributed by atoms with Crippen LogP contribution in [0.2, 0.25) is 0 Å². The summed E-state index contributed by atoms with van der Waals surface area (Å²) in [5.74, 6) is 0. The molecule has 2 aromatic carbocycles. The van der Waals surface area contributed by atoms with Crippen molar-refractivity contribution in [3.63, 3.8) is 0 Å². The lowest BCUT2D eigenvalue weighted by atomic mass is 9.81. The zero-order valence-electron chi connectivity index (χ0n) is 14.5. The zero-order chi connectivity index (χ0) is 16.6. The topological polar surface area (TPSA) is 0 Å². The molecular formula is C23H24. The summed E-state index contributed by atoms with van der Waals surface area (Å²) in [5, 5.41) is 0. The highest BCUT2D eigenvalue weighted by Crippen LogP contribution is 2.49. The Hall–Kier alpha value is -2.34. The summed E-state index contributed by atoms with van der Waals surface area (Å²) in [7, 11) is 0. The van der Waals surface area contributed by atoms with Gasteiger partial charge in [0.15, 0.2) is 0 Å². The fourth-order valence-electron chi connectivity index (χ4n) is 3.48. The molecular weight excluding hydrogens is 276 g/mol. The second-order valence-electron chi connectivity index (χ2n) is 6.85. The lowest BCUT2D eigenvalue weighted by molar-refractivity contribution is 0.660. The van der Waals surface area contributed by atoms with Crippen LogP contribution in [-0.2, 0) is 5.41 Å². The van der Waals surface area contributed by atoms with Gasteiger partial charge in [-0.3, -0.25) is 0 Å². The molecule has 0 aromatic heterocycles. The first kappa shape index (κ1) is 15.6. The summed E-state index contributed by atoms with van der Waals surface area (Å²) >= 11 is 0. The average molecular weight is 300 g/mol. The summed E-state index contributed by atoms with van der Waals surface area (Å²) in [6.07, 6.45) is 6.39. The van der Waals surface area contributed by atoms with Crippen molar-refractivity contribution < 1.29 is 0 Å². The van der Waals surface area contributed by atoms with Crippen LogP contribution >= 0.6 is 0 Å². The third kappa shape index (κ3) is 2.59. The van der Waals surface area contributed by atoms with E-state index in [9.17, 15) is 0 Å². The van der Waals surface area contributed by atoms with Gasteiger partial charge < -0.3 is 0 Å². The second kappa shape index (κ2) is 5.70. The first-order valence-electron chi connectivity index (χ1n) is 8.20. The Labute approximate surface area is 139 Å². The standard InChI is InChI=1S/C23H24/c1-6-17(12-11-16(2)3)18-13-14-20-19-9-7-8-10-21(19)23(4,5)22(20)15-18/h6-15H,2H2,1,3-5H3/b12-11-,17-6+. The Morgan fingerprint density at radius 1 is 0.957 bits per heavy atom. The number of allylic oxidation sites excluding steroid dienone is 5. The summed E-state index contributed by atoms with van der Waals surface area (Å²) in [4.78, 5) is 0. The van der Waals surface area contributed by atoms with Crippen molar-refractivity contribution in [2.75, 3.05) is 0 Å². The van der Waals surface area contributed by atoms with E-state index in [1.165, 1.54) is 33.4 Å². The maximum atomic E-state index is 3.95. The minimum atomic E-state index is 0.0544. The molecule has 23 heavy (non-hydrogen) atoms. The van der Waals surface area contributed by atoms with Gasteiger partial charge in [-0.15, -0.1) is 0 Å². The summed E-state index contributed by atoms with van der Waals surface area (Å²) < 4.78 is 0. The molecule has 2 aromatic rings. The van der Waals surface area contributed by atoms with Crippen molar-refractivity contribution in [1.29, 1.82) is 0 Å². The van der Waals surface area contributed by atoms with E-state index >= 15 is 0 Å². The SMILES string of the molecule is C=C(C)/C=C\C(=C/C)c1ccc2c(c1)C(C)(C)c1ccccc1-2. The Kier molecular flexibility index (Phi) is 3.85. The maximum absolute atomic E-state index is 3.95. The highest BCUT2D eigenvalue weighted by atomic mass is 14.4. The molecule has 0 radical (unpaired) electrons. The van der Waals surface area contributed by atoms with Crippen molar-refractivity contribution in [2.45, 2.75) is 33.1 Å². The van der Waals surface area contributed by atoms with Crippen LogP contribution in [0.4, 0.5) is 0 Å². The Morgan fingerprint density at radius 2 is 1.65 bits per heavy atom. The van der Waals surface area contributed by atoms with Gasteiger partial charge in [0, 0.05) is 5.41 Å². The molecule has 0 saturated heterocycles. The molecule has 116 valence electrons. The molecule has 0 heterocycles. The highest BCUT2D eigenvalue weighted by Gasteiger charge is 2.35. The van der Waals surface area contributed by atoms with E-state index in [0.717, 1.165) is 5.57 Å². The molecule has 0 fully saturated rings. The van der Waals surface area contributed by atoms with E-state index in [2.05, 4.69) is 88.0 Å². The van der Waals surface area contributed by atoms with Crippen molar-refractivity contribution in [1.82, 2.24) is 0 Å². The van der Waals surface area contributed by atoms with Gasteiger partial charge in [0.25, 0.3) is 0 Å². The van der Waals surface area contributed by atoms with E-state index in [1.807, 2.05) is 6.92 Å². The van der Waals surface area contributed by atoms with Gasteiger partial charge in [-0.1, -0.05) is 80.6 Å². The van der Waals surface area contributed by atoms with Gasteiger partial charge in [-0.25, -0.2) is 0 Å². The van der Waals surface area contributed by atoms with E-state index in [0.29, 0.717) is 0 Å². The fourth-order valence-corrected chi connectivity index (χ4v) is 3.48. The number of rotatable bonds is 3. The Balaban J connectivity index is 2.12. The largest absolute Gasteiger partial charge is 0.0961 e. The lowest BCUT2D eigenvalue weighted by Crippen LogP contribution is -2.15. The van der Waals surface area contributed by atoms with Crippen molar-refractivity contribution in [3.8, 4) is 11.1 Å². The molecule has 0 atom stereocenters. The number of fused-ring (bicyclic) bond motifs is 3. The van der Waals surface area contributed by atoms with Crippen molar-refractivity contribution >= 4 is 5.57 Å². The molecule has 0 aliphatic heterocycles. The first-order valence-corrected chi connectivity index (χ1v) is 8.20. The lowest BCUT2D eigenvalue weighted by Gasteiger charge is -2.22. The molecule has 0 heteroatoms. The summed E-state index contributed by atoms with van der Waals surface area (Å²) in [5.41, 5.74) is 9.21. The van der Waals surface area contributed by atoms with Crippen LogP contribution in [0.1, 0.15) is 44.4 Å². The molecule has 1 aliphatic carbocycles. The van der Waals surface area contributed by atoms with Gasteiger partial charge >= 0.3 is 0 Å². The van der Waals surface area contributed by atoms with Crippen LogP contribution in [0.5, 0.6) is 0 Å². The predicted molar refractivity (Wildman–Crippen MR) is 102 cm³/mol. The van der Waals surface area contributed by atoms with Crippen LogP contribution in [0.25, 0.3) is 16.7 Å². The molecule has 0 unspecified atom stereocenters. The normalized spacial score (nSPS) is 15.6. The van der Waals surface area contributed by atoms with Crippen LogP contribution in [0.3, 0.4) is 0 Å². The third-order valence-corrected chi connectivity index (χ3v) is 4.78. The maximum Gasteiger partial charge on any atom is 0.0159 e. The third-order valence-electron chi connectivity index (χ3n) is 4.78. The van der Waals surface area contributed by atoms with Gasteiger partial charge in [-0.05, 0) is 53.3 Å². The molecule has 0 nitrogen and oxygen atoms in total. The molecule has 0 spiro atoms. The van der Waals surface area contributed by atoms with Gasteiger partial charge in [0.1, 0.15) is 0 Å². The molecule has 0 amide bonds. The highest BCUT2D eigenvalue weighted by molar-refractivity contribution is 5.84. The molecule has 0 bridgehead atoms. The Bertz CT molecular complexity index is 829. The van der Waals surface area contributed by atoms with Crippen LogP contribution in [0.15, 0.2) is 72.8 Å². The van der Waals surface area contributed by atoms with Crippen LogP contribution in [0, 0.1) is 0 Å². The molecule has 1 aliphatic rings. The van der Waals surface area contributed by atoms with Crippen LogP contribution < -0.4 is 0 Å². The average Bonchev–Trinajstić information content (AvgIpc) is 2.76. The number of hydrogen-bond acceptors (Lipinski definition) is 0. The predicted octanol–water partition coefficient (Wildman–Crippen LogP) is 6.53. The minimum Gasteiger partial charge on any atom is -0.0961 e. The summed E-state index contributed by atoms with van der Waals surface area (Å²) in [6, 6.07) is 15.6. The second-order valence-corrected chi connectivity index (χ2v) is 6.85. The smallest absolute Gasteiger partial charge is 0.0159 e. The van der Waals surface area contributed by atoms with E-state index in [-0.39, 0.29) is 5.41 Å². The minimum absolute atomic E-state index is 0.0544. The number of hydrogen-bond donors (Lipinski definition) is 0. The molecule has 3 rings (SSSR count). The van der Waals surface area contributed by atoms with E-state index in [4.69, 9.17) is 0 Å². The monoisotopic (exact) mass is 300 g/mol. The van der Waals surface area contributed by atoms with E-state index < -0.39 is 0 Å². The Morgan fingerprint density at radius 3 is 2.35 bits per heavy atom. The van der Waals surface area contributed by atoms with Crippen LogP contribution in [-0.4, -0.2) is 0 Å². The fraction of sp³-hybridized carbons (Fsp3) is 0.217. The first-order chi connectivity index (χ1) is 10.9. The quantitative estimate of drug-likeness (QED) is 0.565. The zero-order valence-corrected chi connectivity index (χ0v) is 14.5. The summed E-state index contributed by atoms with van der Waals surface area (Å²) in [6.45, 7) is 12.7. The van der Waals surface area contributed by atoms with E-state index in [1.54, 1.807) is 0 Å². The van der Waals surface area contributed by atoms with Crippen molar-refractivity contribution in [2.24, 2.45) is 0 Å². The van der Waals surface area contributed by atoms with Gasteiger partial charge in [0.05, 0.1) is 0 Å². The van der Waals surface area contributed by atoms with Gasteiger partial charge in [-0.2, -0.15) is 0 Å². The molecule has 0 saturated carbocycles. The van der Waals surface area contributed by atoms with Gasteiger partial charge in [0.2, 0.25) is 0 Å².